The van der Waals surface area contributed by atoms with E-state index < -0.39 is 23.0 Å². The van der Waals surface area contributed by atoms with Gasteiger partial charge in [0.2, 0.25) is 5.43 Å². The molecule has 3 aromatic carbocycles. The van der Waals surface area contributed by atoms with Crippen molar-refractivity contribution in [1.29, 1.82) is 0 Å². The van der Waals surface area contributed by atoms with E-state index in [1.165, 1.54) is 6.20 Å². The van der Waals surface area contributed by atoms with Crippen molar-refractivity contribution in [3.8, 4) is 11.1 Å². The zero-order chi connectivity index (χ0) is 22.0. The number of carbonyl (C=O) groups excluding carboxylic acids is 1. The van der Waals surface area contributed by atoms with Crippen molar-refractivity contribution < 1.29 is 18.3 Å². The molecule has 4 aromatic rings. The molecule has 0 radical (unpaired) electrons. The Bertz CT molecular complexity index is 1310. The summed E-state index contributed by atoms with van der Waals surface area (Å²) in [6.45, 7) is 1.97. The number of carbonyl (C=O) groups is 1. The molecule has 0 aliphatic rings. The molecule has 1 heterocycles. The molecule has 0 atom stereocenters. The summed E-state index contributed by atoms with van der Waals surface area (Å²) in [7, 11) is 0. The molecular weight excluding hydrogens is 400 g/mol. The van der Waals surface area contributed by atoms with Gasteiger partial charge in [-0.15, -0.1) is 0 Å². The van der Waals surface area contributed by atoms with E-state index in [-0.39, 0.29) is 29.6 Å². The van der Waals surface area contributed by atoms with Crippen LogP contribution in [0, 0.1) is 11.6 Å². The molecule has 0 saturated heterocycles. The standard InChI is InChI=1S/C25H19F2NO3/c1-2-31-25(30)20-15-28(23-13-22(27)21(26)12-19(23)24(20)29)14-16-8-10-18(11-9-16)17-6-4-3-5-7-17/h3-13,15H,2,14H2,1H3. The van der Waals surface area contributed by atoms with Crippen molar-refractivity contribution in [2.75, 3.05) is 6.61 Å². The van der Waals surface area contributed by atoms with Gasteiger partial charge in [0, 0.05) is 24.2 Å². The molecule has 0 saturated carbocycles. The van der Waals surface area contributed by atoms with Gasteiger partial charge in [-0.1, -0.05) is 54.6 Å². The third-order valence-corrected chi connectivity index (χ3v) is 5.03. The number of hydrogen-bond donors (Lipinski definition) is 0. The summed E-state index contributed by atoms with van der Waals surface area (Å²) in [5.74, 6) is -3.01. The van der Waals surface area contributed by atoms with E-state index in [1.807, 2.05) is 54.6 Å². The third kappa shape index (κ3) is 4.10. The van der Waals surface area contributed by atoms with Crippen LogP contribution in [0.3, 0.4) is 0 Å². The molecule has 0 spiro atoms. The van der Waals surface area contributed by atoms with Gasteiger partial charge in [-0.25, -0.2) is 13.6 Å². The number of rotatable bonds is 5. The molecule has 0 aliphatic heterocycles. The monoisotopic (exact) mass is 419 g/mol. The number of aromatic nitrogens is 1. The Labute approximate surface area is 177 Å². The minimum Gasteiger partial charge on any atom is -0.462 e. The predicted octanol–water partition coefficient (Wildman–Crippen LogP) is 5.17. The first-order valence-electron chi connectivity index (χ1n) is 9.81. The second-order valence-electron chi connectivity index (χ2n) is 7.07. The Balaban J connectivity index is 1.79. The summed E-state index contributed by atoms with van der Waals surface area (Å²) < 4.78 is 34.3. The fraction of sp³-hybridized carbons (Fsp3) is 0.120. The second kappa shape index (κ2) is 8.52. The largest absolute Gasteiger partial charge is 0.462 e. The first-order chi connectivity index (χ1) is 15.0. The van der Waals surface area contributed by atoms with Crippen LogP contribution in [0.1, 0.15) is 22.8 Å². The molecule has 0 unspecified atom stereocenters. The number of fused-ring (bicyclic) bond motifs is 1. The Morgan fingerprint density at radius 1 is 0.935 bits per heavy atom. The molecule has 4 rings (SSSR count). The second-order valence-corrected chi connectivity index (χ2v) is 7.07. The van der Waals surface area contributed by atoms with Crippen molar-refractivity contribution >= 4 is 16.9 Å². The van der Waals surface area contributed by atoms with E-state index in [4.69, 9.17) is 4.74 Å². The number of hydrogen-bond acceptors (Lipinski definition) is 3. The minimum atomic E-state index is -1.15. The molecule has 0 fully saturated rings. The molecule has 6 heteroatoms. The van der Waals surface area contributed by atoms with Gasteiger partial charge < -0.3 is 9.30 Å². The van der Waals surface area contributed by atoms with Crippen LogP contribution in [-0.2, 0) is 11.3 Å². The van der Waals surface area contributed by atoms with Crippen LogP contribution in [0.2, 0.25) is 0 Å². The highest BCUT2D eigenvalue weighted by Crippen LogP contribution is 2.22. The van der Waals surface area contributed by atoms with Crippen molar-refractivity contribution in [2.24, 2.45) is 0 Å². The first kappa shape index (κ1) is 20.5. The van der Waals surface area contributed by atoms with E-state index in [9.17, 15) is 18.4 Å². The van der Waals surface area contributed by atoms with Gasteiger partial charge in [-0.05, 0) is 29.7 Å². The Morgan fingerprint density at radius 2 is 1.58 bits per heavy atom. The predicted molar refractivity (Wildman–Crippen MR) is 115 cm³/mol. The molecule has 0 aliphatic carbocycles. The normalized spacial score (nSPS) is 10.9. The number of esters is 1. The maximum Gasteiger partial charge on any atom is 0.343 e. The highest BCUT2D eigenvalue weighted by Gasteiger charge is 2.18. The van der Waals surface area contributed by atoms with Crippen molar-refractivity contribution in [3.63, 3.8) is 0 Å². The number of halogens is 2. The van der Waals surface area contributed by atoms with Gasteiger partial charge >= 0.3 is 5.97 Å². The van der Waals surface area contributed by atoms with Gasteiger partial charge in [0.15, 0.2) is 11.6 Å². The first-order valence-corrected chi connectivity index (χ1v) is 9.81. The van der Waals surface area contributed by atoms with Crippen molar-refractivity contribution in [2.45, 2.75) is 13.5 Å². The lowest BCUT2D eigenvalue weighted by atomic mass is 10.0. The van der Waals surface area contributed by atoms with E-state index in [0.29, 0.717) is 0 Å². The number of nitrogens with zero attached hydrogens (tertiary/aromatic N) is 1. The molecule has 0 amide bonds. The maximum atomic E-state index is 13.9. The van der Waals surface area contributed by atoms with Crippen molar-refractivity contribution in [3.05, 3.63) is 106 Å². The topological polar surface area (TPSA) is 48.3 Å². The van der Waals surface area contributed by atoms with Crippen LogP contribution in [0.4, 0.5) is 8.78 Å². The molecule has 4 nitrogen and oxygen atoms in total. The van der Waals surface area contributed by atoms with Crippen molar-refractivity contribution in [1.82, 2.24) is 4.57 Å². The van der Waals surface area contributed by atoms with Gasteiger partial charge in [-0.2, -0.15) is 0 Å². The lowest BCUT2D eigenvalue weighted by molar-refractivity contribution is 0.0524. The van der Waals surface area contributed by atoms with Crippen LogP contribution >= 0.6 is 0 Å². The fourth-order valence-electron chi connectivity index (χ4n) is 3.50. The zero-order valence-electron chi connectivity index (χ0n) is 16.8. The SMILES string of the molecule is CCOC(=O)c1cn(Cc2ccc(-c3ccccc3)cc2)c2cc(F)c(F)cc2c1=O. The number of ether oxygens (including phenoxy) is 1. The average Bonchev–Trinajstić information content (AvgIpc) is 2.78. The van der Waals surface area contributed by atoms with Crippen LogP contribution < -0.4 is 5.43 Å². The van der Waals surface area contributed by atoms with E-state index in [0.717, 1.165) is 28.8 Å². The fourth-order valence-corrected chi connectivity index (χ4v) is 3.50. The van der Waals surface area contributed by atoms with Gasteiger partial charge in [0.05, 0.1) is 12.1 Å². The average molecular weight is 419 g/mol. The summed E-state index contributed by atoms with van der Waals surface area (Å²) in [6.07, 6.45) is 1.34. The molecule has 0 N–H and O–H groups in total. The number of benzene rings is 3. The smallest absolute Gasteiger partial charge is 0.343 e. The molecular formula is C25H19F2NO3. The molecule has 1 aromatic heterocycles. The summed E-state index contributed by atoms with van der Waals surface area (Å²) in [6, 6.07) is 19.4. The van der Waals surface area contributed by atoms with Gasteiger partial charge in [-0.3, -0.25) is 4.79 Å². The van der Waals surface area contributed by atoms with E-state index in [1.54, 1.807) is 11.5 Å². The Morgan fingerprint density at radius 3 is 2.26 bits per heavy atom. The van der Waals surface area contributed by atoms with E-state index in [2.05, 4.69) is 0 Å². The van der Waals surface area contributed by atoms with Crippen LogP contribution in [0.15, 0.2) is 77.7 Å². The Hall–Kier alpha value is -3.80. The highest BCUT2D eigenvalue weighted by molar-refractivity contribution is 5.93. The third-order valence-electron chi connectivity index (χ3n) is 5.03. The zero-order valence-corrected chi connectivity index (χ0v) is 16.8. The van der Waals surface area contributed by atoms with Crippen LogP contribution in [0.25, 0.3) is 22.0 Å². The van der Waals surface area contributed by atoms with E-state index >= 15 is 0 Å². The Kier molecular flexibility index (Phi) is 5.62. The molecule has 156 valence electrons. The summed E-state index contributed by atoms with van der Waals surface area (Å²) in [5.41, 5.74) is 2.26. The minimum absolute atomic E-state index is 0.0784. The molecule has 31 heavy (non-hydrogen) atoms. The highest BCUT2D eigenvalue weighted by atomic mass is 19.2. The van der Waals surface area contributed by atoms with Crippen LogP contribution in [-0.4, -0.2) is 17.1 Å². The molecule has 0 bridgehead atoms. The van der Waals surface area contributed by atoms with Crippen LogP contribution in [0.5, 0.6) is 0 Å². The van der Waals surface area contributed by atoms with Gasteiger partial charge in [0.25, 0.3) is 0 Å². The lowest BCUT2D eigenvalue weighted by Gasteiger charge is -2.14. The quantitative estimate of drug-likeness (QED) is 0.419. The summed E-state index contributed by atoms with van der Waals surface area (Å²) in [4.78, 5) is 25.0. The number of pyridine rings is 1. The van der Waals surface area contributed by atoms with Gasteiger partial charge in [0.1, 0.15) is 5.56 Å². The summed E-state index contributed by atoms with van der Waals surface area (Å²) in [5, 5.41) is -0.0784. The maximum absolute atomic E-state index is 13.9. The summed E-state index contributed by atoms with van der Waals surface area (Å²) >= 11 is 0. The lowest BCUT2D eigenvalue weighted by Crippen LogP contribution is -2.21.